The summed E-state index contributed by atoms with van der Waals surface area (Å²) in [5, 5.41) is 4.47. The molecule has 0 spiro atoms. The third kappa shape index (κ3) is 2.52. The fourth-order valence-corrected chi connectivity index (χ4v) is 3.04. The second-order valence-corrected chi connectivity index (χ2v) is 6.45. The Morgan fingerprint density at radius 1 is 0.958 bits per heavy atom. The average molecular weight is 428 g/mol. The van der Waals surface area contributed by atoms with E-state index >= 15 is 0 Å². The molecule has 0 aliphatic carbocycles. The molecule has 3 heterocycles. The van der Waals surface area contributed by atoms with Crippen LogP contribution in [0.25, 0.3) is 28.0 Å². The van der Waals surface area contributed by atoms with E-state index in [1.54, 1.807) is 25.7 Å². The molecule has 0 bridgehead atoms. The fraction of sp³-hybridized carbons (Fsp3) is 0.0556. The molecule has 0 radical (unpaired) electrons. The van der Waals surface area contributed by atoms with Crippen LogP contribution in [0.15, 0.2) is 61.2 Å². The van der Waals surface area contributed by atoms with Gasteiger partial charge in [-0.15, -0.1) is 0 Å². The second kappa shape index (κ2) is 6.20. The number of halogens is 1. The molecule has 0 fully saturated rings. The highest BCUT2D eigenvalue weighted by atomic mass is 127. The minimum atomic E-state index is 0.761. The maximum atomic E-state index is 5.45. The Kier molecular flexibility index (Phi) is 3.89. The van der Waals surface area contributed by atoms with Gasteiger partial charge in [-0.3, -0.25) is 4.98 Å². The van der Waals surface area contributed by atoms with Gasteiger partial charge in [-0.2, -0.15) is 5.10 Å². The van der Waals surface area contributed by atoms with Crippen molar-refractivity contribution in [3.05, 3.63) is 64.8 Å². The summed E-state index contributed by atoms with van der Waals surface area (Å²) in [6, 6.07) is 12.1. The lowest BCUT2D eigenvalue weighted by atomic mass is 10.1. The van der Waals surface area contributed by atoms with Crippen molar-refractivity contribution >= 4 is 28.2 Å². The van der Waals surface area contributed by atoms with Gasteiger partial charge in [0.1, 0.15) is 5.75 Å². The van der Waals surface area contributed by atoms with Crippen molar-refractivity contribution in [1.82, 2.24) is 19.6 Å². The fourth-order valence-electron chi connectivity index (χ4n) is 2.69. The third-order valence-electron chi connectivity index (χ3n) is 3.83. The van der Waals surface area contributed by atoms with Crippen molar-refractivity contribution in [1.29, 1.82) is 0 Å². The van der Waals surface area contributed by atoms with Gasteiger partial charge in [0, 0.05) is 38.9 Å². The zero-order chi connectivity index (χ0) is 16.5. The molecule has 0 aliphatic heterocycles. The molecule has 118 valence electrons. The molecule has 0 saturated heterocycles. The Morgan fingerprint density at radius 2 is 1.79 bits per heavy atom. The SMILES string of the molecule is COc1ccncc1-c1ccnn2c(-c3ccc(I)cc3)cnc12. The highest BCUT2D eigenvalue weighted by molar-refractivity contribution is 14.1. The molecule has 3 aromatic heterocycles. The van der Waals surface area contributed by atoms with Gasteiger partial charge in [-0.05, 0) is 46.9 Å². The molecule has 0 N–H and O–H groups in total. The van der Waals surface area contributed by atoms with E-state index in [0.717, 1.165) is 33.8 Å². The summed E-state index contributed by atoms with van der Waals surface area (Å²) < 4.78 is 8.50. The van der Waals surface area contributed by atoms with E-state index < -0.39 is 0 Å². The number of hydrogen-bond acceptors (Lipinski definition) is 4. The zero-order valence-corrected chi connectivity index (χ0v) is 15.0. The van der Waals surface area contributed by atoms with E-state index in [4.69, 9.17) is 4.74 Å². The average Bonchev–Trinajstić information content (AvgIpc) is 3.06. The van der Waals surface area contributed by atoms with Gasteiger partial charge in [0.25, 0.3) is 0 Å². The van der Waals surface area contributed by atoms with Crippen LogP contribution in [0.4, 0.5) is 0 Å². The number of rotatable bonds is 3. The molecule has 0 unspecified atom stereocenters. The van der Waals surface area contributed by atoms with E-state index in [9.17, 15) is 0 Å². The molecule has 6 heteroatoms. The highest BCUT2D eigenvalue weighted by Gasteiger charge is 2.14. The molecule has 0 amide bonds. The Balaban J connectivity index is 1.92. The Bertz CT molecular complexity index is 1010. The molecule has 4 rings (SSSR count). The number of benzene rings is 1. The van der Waals surface area contributed by atoms with E-state index in [1.165, 1.54) is 3.57 Å². The maximum absolute atomic E-state index is 5.45. The molecular weight excluding hydrogens is 415 g/mol. The first kappa shape index (κ1) is 15.1. The van der Waals surface area contributed by atoms with Gasteiger partial charge in [-0.25, -0.2) is 9.50 Å². The number of pyridine rings is 1. The van der Waals surface area contributed by atoms with E-state index in [1.807, 2.05) is 22.8 Å². The quantitative estimate of drug-likeness (QED) is 0.462. The van der Waals surface area contributed by atoms with E-state index in [0.29, 0.717) is 0 Å². The molecule has 5 nitrogen and oxygen atoms in total. The minimum absolute atomic E-state index is 0.761. The van der Waals surface area contributed by atoms with Gasteiger partial charge >= 0.3 is 0 Å². The standard InChI is InChI=1S/C18H13IN4O/c1-24-17-7-8-20-10-15(17)14-6-9-22-23-16(11-21-18(14)23)12-2-4-13(19)5-3-12/h2-11H,1H3. The molecule has 0 saturated carbocycles. The van der Waals surface area contributed by atoms with Crippen LogP contribution in [0, 0.1) is 3.57 Å². The molecule has 24 heavy (non-hydrogen) atoms. The van der Waals surface area contributed by atoms with E-state index in [-0.39, 0.29) is 0 Å². The Hall–Kier alpha value is -2.48. The van der Waals surface area contributed by atoms with Crippen molar-refractivity contribution in [2.75, 3.05) is 7.11 Å². The predicted octanol–water partition coefficient (Wildman–Crippen LogP) is 4.07. The van der Waals surface area contributed by atoms with Crippen molar-refractivity contribution in [2.45, 2.75) is 0 Å². The van der Waals surface area contributed by atoms with E-state index in [2.05, 4.69) is 61.9 Å². The van der Waals surface area contributed by atoms with Crippen molar-refractivity contribution in [3.8, 4) is 28.1 Å². The van der Waals surface area contributed by atoms with Crippen LogP contribution in [0.2, 0.25) is 0 Å². The van der Waals surface area contributed by atoms with Crippen LogP contribution < -0.4 is 4.74 Å². The number of nitrogens with zero attached hydrogens (tertiary/aromatic N) is 4. The number of ether oxygens (including phenoxy) is 1. The lowest BCUT2D eigenvalue weighted by Crippen LogP contribution is -1.97. The summed E-state index contributed by atoms with van der Waals surface area (Å²) in [6.07, 6.45) is 7.11. The summed E-state index contributed by atoms with van der Waals surface area (Å²) in [7, 11) is 1.65. The first-order valence-electron chi connectivity index (χ1n) is 7.35. The maximum Gasteiger partial charge on any atom is 0.162 e. The highest BCUT2D eigenvalue weighted by Crippen LogP contribution is 2.32. The lowest BCUT2D eigenvalue weighted by molar-refractivity contribution is 0.416. The lowest BCUT2D eigenvalue weighted by Gasteiger charge is -2.09. The predicted molar refractivity (Wildman–Crippen MR) is 101 cm³/mol. The van der Waals surface area contributed by atoms with Gasteiger partial charge in [-0.1, -0.05) is 12.1 Å². The number of aromatic nitrogens is 4. The molecule has 0 atom stereocenters. The van der Waals surface area contributed by atoms with Crippen LogP contribution in [-0.4, -0.2) is 26.7 Å². The topological polar surface area (TPSA) is 52.3 Å². The normalized spacial score (nSPS) is 10.9. The van der Waals surface area contributed by atoms with Gasteiger partial charge < -0.3 is 4.74 Å². The minimum Gasteiger partial charge on any atom is -0.496 e. The van der Waals surface area contributed by atoms with Gasteiger partial charge in [0.15, 0.2) is 5.65 Å². The molecule has 1 aromatic carbocycles. The zero-order valence-electron chi connectivity index (χ0n) is 12.8. The first-order valence-corrected chi connectivity index (χ1v) is 8.43. The number of hydrogen-bond donors (Lipinski definition) is 0. The Labute approximate surface area is 152 Å². The summed E-state index contributed by atoms with van der Waals surface area (Å²) >= 11 is 2.29. The first-order chi connectivity index (χ1) is 11.8. The number of methoxy groups -OCH3 is 1. The second-order valence-electron chi connectivity index (χ2n) is 5.21. The monoisotopic (exact) mass is 428 g/mol. The van der Waals surface area contributed by atoms with Crippen molar-refractivity contribution in [2.24, 2.45) is 0 Å². The van der Waals surface area contributed by atoms with Crippen LogP contribution >= 0.6 is 22.6 Å². The third-order valence-corrected chi connectivity index (χ3v) is 4.55. The number of imidazole rings is 1. The summed E-state index contributed by atoms with van der Waals surface area (Å²) in [4.78, 5) is 8.80. The van der Waals surface area contributed by atoms with Gasteiger partial charge in [0.05, 0.1) is 19.0 Å². The van der Waals surface area contributed by atoms with Crippen LogP contribution in [0.1, 0.15) is 0 Å². The largest absolute Gasteiger partial charge is 0.496 e. The van der Waals surface area contributed by atoms with Gasteiger partial charge in [0.2, 0.25) is 0 Å². The Morgan fingerprint density at radius 3 is 2.58 bits per heavy atom. The summed E-state index contributed by atoms with van der Waals surface area (Å²) in [5.74, 6) is 0.761. The van der Waals surface area contributed by atoms with Crippen LogP contribution in [0.3, 0.4) is 0 Å². The summed E-state index contributed by atoms with van der Waals surface area (Å²) in [6.45, 7) is 0. The number of fused-ring (bicyclic) bond motifs is 1. The molecule has 4 aromatic rings. The molecular formula is C18H13IN4O. The van der Waals surface area contributed by atoms with Crippen molar-refractivity contribution < 1.29 is 4.74 Å². The smallest absolute Gasteiger partial charge is 0.162 e. The van der Waals surface area contributed by atoms with Crippen LogP contribution in [0.5, 0.6) is 5.75 Å². The molecule has 0 aliphatic rings. The van der Waals surface area contributed by atoms with Crippen molar-refractivity contribution in [3.63, 3.8) is 0 Å². The van der Waals surface area contributed by atoms with Crippen LogP contribution in [-0.2, 0) is 0 Å². The summed E-state index contributed by atoms with van der Waals surface area (Å²) in [5.41, 5.74) is 4.63.